The van der Waals surface area contributed by atoms with E-state index in [1.165, 1.54) is 0 Å². The third kappa shape index (κ3) is 3.76. The maximum atomic E-state index is 11.7. The lowest BCUT2D eigenvalue weighted by molar-refractivity contribution is -0.128. The van der Waals surface area contributed by atoms with Crippen LogP contribution in [-0.4, -0.2) is 17.0 Å². The number of amides is 1. The molecular formula is C13H19N3O2. The molecule has 0 aliphatic carbocycles. The molecule has 1 rings (SSSR count). The minimum atomic E-state index is -0.395. The molecule has 4 N–H and O–H groups in total. The smallest absolute Gasteiger partial charge is 0.225 e. The third-order valence-corrected chi connectivity index (χ3v) is 2.49. The Bertz CT molecular complexity index is 444. The van der Waals surface area contributed by atoms with E-state index in [1.807, 2.05) is 32.9 Å². The fourth-order valence-electron chi connectivity index (χ4n) is 1.30. The van der Waals surface area contributed by atoms with Gasteiger partial charge in [-0.1, -0.05) is 50.2 Å². The van der Waals surface area contributed by atoms with E-state index in [0.717, 1.165) is 5.56 Å². The summed E-state index contributed by atoms with van der Waals surface area (Å²) < 4.78 is 0. The summed E-state index contributed by atoms with van der Waals surface area (Å²) in [6.45, 7) is 6.06. The fourth-order valence-corrected chi connectivity index (χ4v) is 1.30. The predicted molar refractivity (Wildman–Crippen MR) is 70.3 cm³/mol. The number of hydrogen-bond donors (Lipinski definition) is 3. The maximum Gasteiger partial charge on any atom is 0.225 e. The quantitative estimate of drug-likeness (QED) is 0.328. The van der Waals surface area contributed by atoms with Crippen LogP contribution < -0.4 is 11.1 Å². The number of benzene rings is 1. The van der Waals surface area contributed by atoms with Crippen molar-refractivity contribution in [3.8, 4) is 0 Å². The fraction of sp³-hybridized carbons (Fsp3) is 0.385. The van der Waals surface area contributed by atoms with Crippen LogP contribution in [0.15, 0.2) is 29.4 Å². The Morgan fingerprint density at radius 2 is 1.89 bits per heavy atom. The SMILES string of the molecule is CC(C)(C)C(=O)NCc1ccc(C(N)=NO)cc1. The zero-order chi connectivity index (χ0) is 13.8. The minimum Gasteiger partial charge on any atom is -0.409 e. The molecule has 0 aliphatic heterocycles. The molecule has 98 valence electrons. The van der Waals surface area contributed by atoms with Crippen molar-refractivity contribution in [1.29, 1.82) is 0 Å². The van der Waals surface area contributed by atoms with E-state index in [9.17, 15) is 4.79 Å². The van der Waals surface area contributed by atoms with Crippen molar-refractivity contribution in [3.05, 3.63) is 35.4 Å². The lowest BCUT2D eigenvalue weighted by Crippen LogP contribution is -2.34. The summed E-state index contributed by atoms with van der Waals surface area (Å²) in [5, 5.41) is 14.3. The van der Waals surface area contributed by atoms with Crippen LogP contribution in [0.4, 0.5) is 0 Å². The first-order valence-corrected chi connectivity index (χ1v) is 5.69. The van der Waals surface area contributed by atoms with E-state index in [1.54, 1.807) is 12.1 Å². The van der Waals surface area contributed by atoms with Crippen LogP contribution in [0.5, 0.6) is 0 Å². The van der Waals surface area contributed by atoms with Crippen LogP contribution in [0.2, 0.25) is 0 Å². The van der Waals surface area contributed by atoms with Crippen molar-refractivity contribution in [2.45, 2.75) is 27.3 Å². The first-order valence-electron chi connectivity index (χ1n) is 5.69. The van der Waals surface area contributed by atoms with Gasteiger partial charge in [0.05, 0.1) is 0 Å². The average molecular weight is 249 g/mol. The lowest BCUT2D eigenvalue weighted by Gasteiger charge is -2.17. The first kappa shape index (κ1) is 14.0. The van der Waals surface area contributed by atoms with E-state index in [4.69, 9.17) is 10.9 Å². The van der Waals surface area contributed by atoms with Crippen molar-refractivity contribution in [3.63, 3.8) is 0 Å². The molecule has 1 aromatic rings. The van der Waals surface area contributed by atoms with E-state index >= 15 is 0 Å². The maximum absolute atomic E-state index is 11.7. The molecule has 18 heavy (non-hydrogen) atoms. The topological polar surface area (TPSA) is 87.7 Å². The second kappa shape index (κ2) is 5.53. The number of amidine groups is 1. The summed E-state index contributed by atoms with van der Waals surface area (Å²) in [6.07, 6.45) is 0. The first-order chi connectivity index (χ1) is 8.34. The highest BCUT2D eigenvalue weighted by molar-refractivity contribution is 5.96. The molecule has 0 fully saturated rings. The van der Waals surface area contributed by atoms with Gasteiger partial charge in [0.15, 0.2) is 5.84 Å². The van der Waals surface area contributed by atoms with Gasteiger partial charge in [-0.15, -0.1) is 0 Å². The van der Waals surface area contributed by atoms with Gasteiger partial charge in [0.2, 0.25) is 5.91 Å². The molecule has 0 radical (unpaired) electrons. The summed E-state index contributed by atoms with van der Waals surface area (Å²) in [4.78, 5) is 11.7. The van der Waals surface area contributed by atoms with Gasteiger partial charge in [-0.05, 0) is 5.56 Å². The summed E-state index contributed by atoms with van der Waals surface area (Å²) in [6, 6.07) is 7.15. The summed E-state index contributed by atoms with van der Waals surface area (Å²) in [7, 11) is 0. The summed E-state index contributed by atoms with van der Waals surface area (Å²) in [5.74, 6) is 0.0725. The van der Waals surface area contributed by atoms with Crippen molar-refractivity contribution < 1.29 is 10.0 Å². The van der Waals surface area contributed by atoms with Gasteiger partial charge in [-0.25, -0.2) is 0 Å². The van der Waals surface area contributed by atoms with Gasteiger partial charge < -0.3 is 16.3 Å². The zero-order valence-corrected chi connectivity index (χ0v) is 10.9. The van der Waals surface area contributed by atoms with E-state index in [-0.39, 0.29) is 11.7 Å². The molecule has 1 amide bonds. The number of nitrogens with one attached hydrogen (secondary N) is 1. The van der Waals surface area contributed by atoms with Crippen molar-refractivity contribution in [2.24, 2.45) is 16.3 Å². The Hall–Kier alpha value is -2.04. The van der Waals surface area contributed by atoms with Crippen LogP contribution in [0, 0.1) is 5.41 Å². The number of oxime groups is 1. The van der Waals surface area contributed by atoms with Gasteiger partial charge in [0.1, 0.15) is 0 Å². The van der Waals surface area contributed by atoms with Crippen molar-refractivity contribution in [2.75, 3.05) is 0 Å². The molecule has 0 aromatic heterocycles. The molecule has 0 bridgehead atoms. The second-order valence-electron chi connectivity index (χ2n) is 5.11. The number of nitrogens with two attached hydrogens (primary N) is 1. The molecule has 0 spiro atoms. The molecule has 0 heterocycles. The summed E-state index contributed by atoms with van der Waals surface area (Å²) in [5.41, 5.74) is 6.66. The van der Waals surface area contributed by atoms with Gasteiger partial charge in [-0.3, -0.25) is 4.79 Å². The monoisotopic (exact) mass is 249 g/mol. The number of hydrogen-bond acceptors (Lipinski definition) is 3. The molecule has 0 atom stereocenters. The lowest BCUT2D eigenvalue weighted by atomic mass is 9.95. The van der Waals surface area contributed by atoms with Gasteiger partial charge in [0.25, 0.3) is 0 Å². The van der Waals surface area contributed by atoms with Crippen molar-refractivity contribution in [1.82, 2.24) is 5.32 Å². The molecular weight excluding hydrogens is 230 g/mol. The zero-order valence-electron chi connectivity index (χ0n) is 10.9. The second-order valence-corrected chi connectivity index (χ2v) is 5.11. The average Bonchev–Trinajstić information content (AvgIpc) is 2.34. The highest BCUT2D eigenvalue weighted by atomic mass is 16.4. The third-order valence-electron chi connectivity index (χ3n) is 2.49. The normalized spacial score (nSPS) is 12.3. The number of rotatable bonds is 3. The molecule has 0 saturated carbocycles. The number of nitrogens with zero attached hydrogens (tertiary/aromatic N) is 1. The van der Waals surface area contributed by atoms with Crippen LogP contribution in [0.1, 0.15) is 31.9 Å². The van der Waals surface area contributed by atoms with E-state index in [2.05, 4.69) is 10.5 Å². The Labute approximate surface area is 107 Å². The molecule has 1 aromatic carbocycles. The molecule has 0 saturated heterocycles. The molecule has 5 nitrogen and oxygen atoms in total. The molecule has 5 heteroatoms. The predicted octanol–water partition coefficient (Wildman–Crippen LogP) is 1.44. The van der Waals surface area contributed by atoms with Gasteiger partial charge in [-0.2, -0.15) is 0 Å². The Morgan fingerprint density at radius 1 is 1.33 bits per heavy atom. The largest absolute Gasteiger partial charge is 0.409 e. The van der Waals surface area contributed by atoms with Crippen LogP contribution in [0.25, 0.3) is 0 Å². The van der Waals surface area contributed by atoms with Crippen LogP contribution >= 0.6 is 0 Å². The molecule has 0 unspecified atom stereocenters. The number of carbonyl (C=O) groups excluding carboxylic acids is 1. The van der Waals surface area contributed by atoms with Gasteiger partial charge in [0, 0.05) is 17.5 Å². The highest BCUT2D eigenvalue weighted by Crippen LogP contribution is 2.13. The Balaban J connectivity index is 2.63. The van der Waals surface area contributed by atoms with E-state index in [0.29, 0.717) is 12.1 Å². The Morgan fingerprint density at radius 3 is 2.33 bits per heavy atom. The van der Waals surface area contributed by atoms with Crippen LogP contribution in [0.3, 0.4) is 0 Å². The number of carbonyl (C=O) groups is 1. The Kier molecular flexibility index (Phi) is 4.31. The minimum absolute atomic E-state index is 0.00279. The molecule has 0 aliphatic rings. The summed E-state index contributed by atoms with van der Waals surface area (Å²) >= 11 is 0. The van der Waals surface area contributed by atoms with E-state index < -0.39 is 5.41 Å². The van der Waals surface area contributed by atoms with Crippen molar-refractivity contribution >= 4 is 11.7 Å². The highest BCUT2D eigenvalue weighted by Gasteiger charge is 2.20. The van der Waals surface area contributed by atoms with Crippen LogP contribution in [-0.2, 0) is 11.3 Å². The standard InChI is InChI=1S/C13H19N3O2/c1-13(2,3)12(17)15-8-9-4-6-10(7-5-9)11(14)16-18/h4-7,18H,8H2,1-3H3,(H2,14,16)(H,15,17). The van der Waals surface area contributed by atoms with Gasteiger partial charge >= 0.3 is 0 Å².